The summed E-state index contributed by atoms with van der Waals surface area (Å²) in [6.07, 6.45) is 8.08. The van der Waals surface area contributed by atoms with Crippen molar-refractivity contribution in [3.05, 3.63) is 82.8 Å². The smallest absolute Gasteiger partial charge is 0.251 e. The number of carbonyl (C=O) groups is 1. The summed E-state index contributed by atoms with van der Waals surface area (Å²) in [7, 11) is -1.19. The molecular formula is C27H30N2O3S. The third-order valence-electron chi connectivity index (χ3n) is 5.96. The molecule has 1 aliphatic rings. The molecule has 1 heterocycles. The molecule has 5 nitrogen and oxygen atoms in total. The zero-order valence-corrected chi connectivity index (χ0v) is 20.0. The van der Waals surface area contributed by atoms with Gasteiger partial charge in [0, 0.05) is 22.6 Å². The second kappa shape index (κ2) is 10.8. The van der Waals surface area contributed by atoms with Gasteiger partial charge in [0.2, 0.25) is 5.89 Å². The first-order chi connectivity index (χ1) is 16.0. The molecule has 0 saturated carbocycles. The lowest BCUT2D eigenvalue weighted by atomic mass is 9.97. The molecule has 4 rings (SSSR count). The number of oxazole rings is 1. The first kappa shape index (κ1) is 23.2. The van der Waals surface area contributed by atoms with Crippen molar-refractivity contribution < 1.29 is 13.4 Å². The number of hydrogen-bond acceptors (Lipinski definition) is 4. The molecule has 1 aromatic heterocycles. The van der Waals surface area contributed by atoms with Crippen LogP contribution in [0.3, 0.4) is 0 Å². The van der Waals surface area contributed by atoms with Gasteiger partial charge in [0.1, 0.15) is 5.76 Å². The fraction of sp³-hybridized carbons (Fsp3) is 0.333. The number of rotatable bonds is 8. The van der Waals surface area contributed by atoms with Crippen molar-refractivity contribution in [1.29, 1.82) is 0 Å². The van der Waals surface area contributed by atoms with Gasteiger partial charge in [-0.3, -0.25) is 9.00 Å². The maximum absolute atomic E-state index is 12.7. The van der Waals surface area contributed by atoms with E-state index in [4.69, 9.17) is 4.42 Å². The number of allylic oxidation sites excluding steroid dienone is 1. The molecule has 0 radical (unpaired) electrons. The highest BCUT2D eigenvalue weighted by molar-refractivity contribution is 7.84. The lowest BCUT2D eigenvalue weighted by molar-refractivity contribution is 0.0954. The predicted octanol–water partition coefficient (Wildman–Crippen LogP) is 5.89. The van der Waals surface area contributed by atoms with E-state index in [0.29, 0.717) is 35.2 Å². The monoisotopic (exact) mass is 462 g/mol. The minimum absolute atomic E-state index is 0.0734. The van der Waals surface area contributed by atoms with Gasteiger partial charge in [0.05, 0.1) is 22.2 Å². The summed E-state index contributed by atoms with van der Waals surface area (Å²) in [6, 6.07) is 14.9. The molecule has 33 heavy (non-hydrogen) atoms. The van der Waals surface area contributed by atoms with Crippen LogP contribution in [0.15, 0.2) is 69.5 Å². The summed E-state index contributed by atoms with van der Waals surface area (Å²) in [6.45, 7) is 4.50. The average molecular weight is 463 g/mol. The quantitative estimate of drug-likeness (QED) is 0.424. The van der Waals surface area contributed by atoms with E-state index < -0.39 is 10.8 Å². The van der Waals surface area contributed by atoms with Gasteiger partial charge < -0.3 is 9.73 Å². The van der Waals surface area contributed by atoms with Crippen molar-refractivity contribution in [3.63, 3.8) is 0 Å². The van der Waals surface area contributed by atoms with Gasteiger partial charge in [0.25, 0.3) is 5.91 Å². The van der Waals surface area contributed by atoms with Crippen LogP contribution in [0.25, 0.3) is 11.5 Å². The first-order valence-electron chi connectivity index (χ1n) is 11.5. The maximum atomic E-state index is 12.7. The van der Waals surface area contributed by atoms with E-state index in [0.717, 1.165) is 35.3 Å². The molecule has 1 aliphatic carbocycles. The van der Waals surface area contributed by atoms with E-state index >= 15 is 0 Å². The first-order valence-corrected chi connectivity index (χ1v) is 12.8. The third kappa shape index (κ3) is 6.08. The molecule has 0 unspecified atom stereocenters. The number of hydrogen-bond donors (Lipinski definition) is 1. The molecule has 0 spiro atoms. The van der Waals surface area contributed by atoms with Crippen molar-refractivity contribution >= 4 is 16.7 Å². The van der Waals surface area contributed by atoms with Crippen molar-refractivity contribution in [2.75, 3.05) is 6.54 Å². The topological polar surface area (TPSA) is 72.2 Å². The Bertz CT molecular complexity index is 1160. The molecule has 6 heteroatoms. The van der Waals surface area contributed by atoms with Gasteiger partial charge in [0.15, 0.2) is 0 Å². The van der Waals surface area contributed by atoms with Gasteiger partial charge in [-0.25, -0.2) is 4.98 Å². The van der Waals surface area contributed by atoms with Gasteiger partial charge in [-0.2, -0.15) is 0 Å². The largest absolute Gasteiger partial charge is 0.441 e. The van der Waals surface area contributed by atoms with Crippen molar-refractivity contribution in [2.24, 2.45) is 0 Å². The van der Waals surface area contributed by atoms with Crippen molar-refractivity contribution in [1.82, 2.24) is 10.3 Å². The maximum Gasteiger partial charge on any atom is 0.251 e. The Balaban J connectivity index is 1.36. The minimum atomic E-state index is -1.19. The minimum Gasteiger partial charge on any atom is -0.441 e. The van der Waals surface area contributed by atoms with E-state index in [2.05, 4.69) is 16.4 Å². The molecule has 0 aliphatic heterocycles. The number of carbonyl (C=O) groups excluding carboxylic acids is 1. The number of benzene rings is 2. The molecule has 0 bridgehead atoms. The van der Waals surface area contributed by atoms with E-state index in [1.165, 1.54) is 18.4 Å². The van der Waals surface area contributed by atoms with Gasteiger partial charge >= 0.3 is 0 Å². The Kier molecular flexibility index (Phi) is 7.55. The molecule has 0 fully saturated rings. The summed E-state index contributed by atoms with van der Waals surface area (Å²) in [5.41, 5.74) is 4.67. The van der Waals surface area contributed by atoms with Gasteiger partial charge in [-0.05, 0) is 82.3 Å². The highest BCUT2D eigenvalue weighted by atomic mass is 32.2. The van der Waals surface area contributed by atoms with Crippen LogP contribution in [0.5, 0.6) is 0 Å². The van der Waals surface area contributed by atoms with Crippen LogP contribution >= 0.6 is 0 Å². The molecule has 2 aromatic carbocycles. The molecule has 3 aromatic rings. The Hall–Kier alpha value is -2.99. The normalized spacial score (nSPS) is 14.5. The van der Waals surface area contributed by atoms with Crippen LogP contribution < -0.4 is 5.32 Å². The summed E-state index contributed by atoms with van der Waals surface area (Å²) >= 11 is 0. The van der Waals surface area contributed by atoms with Crippen LogP contribution in [0.1, 0.15) is 59.5 Å². The molecule has 0 saturated heterocycles. The summed E-state index contributed by atoms with van der Waals surface area (Å²) < 4.78 is 18.5. The molecule has 172 valence electrons. The zero-order valence-electron chi connectivity index (χ0n) is 19.2. The van der Waals surface area contributed by atoms with Gasteiger partial charge in [-0.1, -0.05) is 29.3 Å². The number of aryl methyl sites for hydroxylation is 2. The number of nitrogens with one attached hydrogen (secondary N) is 1. The third-order valence-corrected chi connectivity index (χ3v) is 7.29. The molecule has 1 N–H and O–H groups in total. The fourth-order valence-corrected chi connectivity index (χ4v) is 5.04. The van der Waals surface area contributed by atoms with Crippen molar-refractivity contribution in [2.45, 2.75) is 56.6 Å². The van der Waals surface area contributed by atoms with Crippen molar-refractivity contribution in [3.8, 4) is 11.5 Å². The second-order valence-electron chi connectivity index (χ2n) is 8.52. The predicted molar refractivity (Wildman–Crippen MR) is 131 cm³/mol. The van der Waals surface area contributed by atoms with Crippen LogP contribution in [-0.4, -0.2) is 21.6 Å². The van der Waals surface area contributed by atoms with E-state index in [1.54, 1.807) is 12.1 Å². The Morgan fingerprint density at radius 2 is 1.82 bits per heavy atom. The van der Waals surface area contributed by atoms with Crippen LogP contribution in [0.2, 0.25) is 0 Å². The van der Waals surface area contributed by atoms with E-state index in [1.807, 2.05) is 50.2 Å². The van der Waals surface area contributed by atoms with Crippen LogP contribution in [0.4, 0.5) is 0 Å². The highest BCUT2D eigenvalue weighted by Gasteiger charge is 2.16. The number of aromatic nitrogens is 1. The SMILES string of the molecule is Cc1ccc([S@](=O)Cc2nc(-c3ccc(C(=O)NCCC4=CCCCC4)cc3)oc2C)cc1. The number of nitrogens with zero attached hydrogens (tertiary/aromatic N) is 1. The Morgan fingerprint density at radius 1 is 1.06 bits per heavy atom. The van der Waals surface area contributed by atoms with Crippen LogP contribution in [-0.2, 0) is 16.6 Å². The van der Waals surface area contributed by atoms with Crippen LogP contribution in [0, 0.1) is 13.8 Å². The lowest BCUT2D eigenvalue weighted by Crippen LogP contribution is -2.24. The Morgan fingerprint density at radius 3 is 2.52 bits per heavy atom. The summed E-state index contributed by atoms with van der Waals surface area (Å²) in [4.78, 5) is 17.8. The van der Waals surface area contributed by atoms with E-state index in [9.17, 15) is 9.00 Å². The Labute approximate surface area is 197 Å². The van der Waals surface area contributed by atoms with Gasteiger partial charge in [-0.15, -0.1) is 0 Å². The standard InChI is InChI=1S/C27H30N2O3S/c1-19-8-14-24(15-9-19)33(31)18-25-20(2)32-27(29-25)23-12-10-22(11-13-23)26(30)28-17-16-21-6-4-3-5-7-21/h6,8-15H,3-5,7,16-18H2,1-2H3,(H,28,30)/t33-/m1/s1. The summed E-state index contributed by atoms with van der Waals surface area (Å²) in [5, 5.41) is 3.01. The average Bonchev–Trinajstić information content (AvgIpc) is 3.20. The number of amides is 1. The molecule has 1 amide bonds. The molecular weight excluding hydrogens is 432 g/mol. The molecule has 1 atom stereocenters. The zero-order chi connectivity index (χ0) is 23.2. The van der Waals surface area contributed by atoms with E-state index in [-0.39, 0.29) is 5.91 Å². The summed E-state index contributed by atoms with van der Waals surface area (Å²) in [5.74, 6) is 1.36. The fourth-order valence-electron chi connectivity index (χ4n) is 3.92. The second-order valence-corrected chi connectivity index (χ2v) is 9.97. The lowest BCUT2D eigenvalue weighted by Gasteiger charge is -2.13. The highest BCUT2D eigenvalue weighted by Crippen LogP contribution is 2.24.